The van der Waals surface area contributed by atoms with Gasteiger partial charge in [0, 0.05) is 13.0 Å². The molecular weight excluding hydrogens is 342 g/mol. The predicted octanol–water partition coefficient (Wildman–Crippen LogP) is 1.60. The summed E-state index contributed by atoms with van der Waals surface area (Å²) < 4.78 is 1.24. The number of aromatic nitrogens is 3. The first-order chi connectivity index (χ1) is 13.1. The monoisotopic (exact) mass is 365 g/mol. The summed E-state index contributed by atoms with van der Waals surface area (Å²) in [5.74, 6) is -0.125. The van der Waals surface area contributed by atoms with Crippen LogP contribution in [0.2, 0.25) is 0 Å². The molecule has 27 heavy (non-hydrogen) atoms. The second-order valence-corrected chi connectivity index (χ2v) is 6.58. The van der Waals surface area contributed by atoms with Gasteiger partial charge >= 0.3 is 0 Å². The number of nitrogens with zero attached hydrogens (tertiary/aromatic N) is 4. The van der Waals surface area contributed by atoms with Crippen molar-refractivity contribution >= 4 is 16.8 Å². The van der Waals surface area contributed by atoms with Gasteiger partial charge in [0.2, 0.25) is 5.91 Å². The number of fused-ring (bicyclic) bond motifs is 1. The first-order valence-corrected chi connectivity index (χ1v) is 8.87. The maximum Gasteiger partial charge on any atom is 0.277 e. The molecule has 0 aliphatic heterocycles. The van der Waals surface area contributed by atoms with E-state index in [1.807, 2.05) is 50.5 Å². The Bertz CT molecular complexity index is 969. The van der Waals surface area contributed by atoms with Crippen LogP contribution in [0.4, 0.5) is 0 Å². The molecule has 7 nitrogen and oxygen atoms in total. The van der Waals surface area contributed by atoms with Crippen LogP contribution in [0.1, 0.15) is 18.0 Å². The van der Waals surface area contributed by atoms with Gasteiger partial charge in [-0.2, -0.15) is 0 Å². The molecule has 1 amide bonds. The molecule has 140 valence electrons. The van der Waals surface area contributed by atoms with Crippen molar-refractivity contribution in [2.75, 3.05) is 20.6 Å². The van der Waals surface area contributed by atoms with Gasteiger partial charge in [-0.1, -0.05) is 47.7 Å². The molecule has 1 N–H and O–H groups in total. The Balaban J connectivity index is 1.60. The number of rotatable bonds is 7. The number of hydrogen-bond acceptors (Lipinski definition) is 5. The van der Waals surface area contributed by atoms with Crippen molar-refractivity contribution in [1.82, 2.24) is 25.2 Å². The molecule has 0 saturated heterocycles. The Morgan fingerprint density at radius 2 is 1.81 bits per heavy atom. The number of hydrogen-bond donors (Lipinski definition) is 1. The summed E-state index contributed by atoms with van der Waals surface area (Å²) in [6.45, 7) is 0.689. The first kappa shape index (κ1) is 18.7. The van der Waals surface area contributed by atoms with Crippen molar-refractivity contribution in [3.8, 4) is 0 Å². The number of nitrogens with one attached hydrogen (secondary N) is 1. The Morgan fingerprint density at radius 3 is 2.56 bits per heavy atom. The fraction of sp³-hybridized carbons (Fsp3) is 0.300. The van der Waals surface area contributed by atoms with Gasteiger partial charge in [0.25, 0.3) is 5.56 Å². The molecule has 0 unspecified atom stereocenters. The summed E-state index contributed by atoms with van der Waals surface area (Å²) in [5, 5.41) is 11.4. The van der Waals surface area contributed by atoms with Crippen LogP contribution in [0.5, 0.6) is 0 Å². The lowest BCUT2D eigenvalue weighted by Gasteiger charge is -2.25. The summed E-state index contributed by atoms with van der Waals surface area (Å²) >= 11 is 0. The Morgan fingerprint density at radius 1 is 1.11 bits per heavy atom. The number of carbonyl (C=O) groups excluding carboxylic acids is 1. The Kier molecular flexibility index (Phi) is 5.93. The molecule has 1 atom stereocenters. The third kappa shape index (κ3) is 4.57. The molecule has 7 heteroatoms. The van der Waals surface area contributed by atoms with Crippen LogP contribution >= 0.6 is 0 Å². The van der Waals surface area contributed by atoms with E-state index in [9.17, 15) is 9.59 Å². The summed E-state index contributed by atoms with van der Waals surface area (Å²) in [4.78, 5) is 26.7. The highest BCUT2D eigenvalue weighted by molar-refractivity contribution is 5.77. The van der Waals surface area contributed by atoms with Crippen LogP contribution in [0.15, 0.2) is 59.4 Å². The zero-order chi connectivity index (χ0) is 19.2. The molecule has 3 aromatic rings. The van der Waals surface area contributed by atoms with Crippen LogP contribution in [-0.4, -0.2) is 46.4 Å². The highest BCUT2D eigenvalue weighted by atomic mass is 16.2. The lowest BCUT2D eigenvalue weighted by Crippen LogP contribution is -2.35. The highest BCUT2D eigenvalue weighted by Crippen LogP contribution is 2.16. The van der Waals surface area contributed by atoms with E-state index in [0.29, 0.717) is 17.4 Å². The SMILES string of the molecule is CN(C)[C@H](CNC(=O)CCn1nnc2ccccc2c1=O)c1ccccc1. The van der Waals surface area contributed by atoms with Crippen molar-refractivity contribution in [3.05, 3.63) is 70.5 Å². The molecular formula is C20H23N5O2. The van der Waals surface area contributed by atoms with E-state index >= 15 is 0 Å². The maximum absolute atomic E-state index is 12.4. The molecule has 1 heterocycles. The van der Waals surface area contributed by atoms with Crippen molar-refractivity contribution in [1.29, 1.82) is 0 Å². The van der Waals surface area contributed by atoms with E-state index in [0.717, 1.165) is 5.56 Å². The summed E-state index contributed by atoms with van der Waals surface area (Å²) in [6.07, 6.45) is 0.169. The van der Waals surface area contributed by atoms with Gasteiger partial charge in [0.05, 0.1) is 18.0 Å². The summed E-state index contributed by atoms with van der Waals surface area (Å²) in [5.41, 5.74) is 1.46. The Hall–Kier alpha value is -3.06. The van der Waals surface area contributed by atoms with Gasteiger partial charge in [-0.05, 0) is 31.8 Å². The number of carbonyl (C=O) groups is 1. The number of likely N-dealkylation sites (N-methyl/N-ethyl adjacent to an activating group) is 1. The van der Waals surface area contributed by atoms with E-state index in [2.05, 4.69) is 20.5 Å². The molecule has 0 fully saturated rings. The van der Waals surface area contributed by atoms with Crippen LogP contribution in [0, 0.1) is 0 Å². The third-order valence-electron chi connectivity index (χ3n) is 4.48. The normalized spacial score (nSPS) is 12.3. The van der Waals surface area contributed by atoms with Gasteiger partial charge < -0.3 is 10.2 Å². The fourth-order valence-electron chi connectivity index (χ4n) is 2.95. The molecule has 0 saturated carbocycles. The average molecular weight is 365 g/mol. The van der Waals surface area contributed by atoms with Crippen LogP contribution in [0.25, 0.3) is 10.9 Å². The van der Waals surface area contributed by atoms with Gasteiger partial charge in [-0.3, -0.25) is 9.59 Å². The number of aryl methyl sites for hydroxylation is 1. The minimum Gasteiger partial charge on any atom is -0.354 e. The van der Waals surface area contributed by atoms with E-state index in [-0.39, 0.29) is 30.5 Å². The molecule has 3 rings (SSSR count). The average Bonchev–Trinajstić information content (AvgIpc) is 2.68. The van der Waals surface area contributed by atoms with Crippen molar-refractivity contribution in [2.24, 2.45) is 0 Å². The van der Waals surface area contributed by atoms with Gasteiger partial charge in [0.15, 0.2) is 0 Å². The van der Waals surface area contributed by atoms with E-state index in [1.165, 1.54) is 4.68 Å². The fourth-order valence-corrected chi connectivity index (χ4v) is 2.95. The topological polar surface area (TPSA) is 80.1 Å². The van der Waals surface area contributed by atoms with Gasteiger partial charge in [-0.25, -0.2) is 4.68 Å². The van der Waals surface area contributed by atoms with E-state index < -0.39 is 0 Å². The second kappa shape index (κ2) is 8.55. The van der Waals surface area contributed by atoms with E-state index in [1.54, 1.807) is 18.2 Å². The lowest BCUT2D eigenvalue weighted by atomic mass is 10.1. The van der Waals surface area contributed by atoms with Crippen LogP contribution in [0.3, 0.4) is 0 Å². The summed E-state index contributed by atoms with van der Waals surface area (Å²) in [7, 11) is 3.96. The summed E-state index contributed by atoms with van der Waals surface area (Å²) in [6, 6.07) is 17.2. The number of benzene rings is 2. The molecule has 0 radical (unpaired) electrons. The highest BCUT2D eigenvalue weighted by Gasteiger charge is 2.15. The lowest BCUT2D eigenvalue weighted by molar-refractivity contribution is -0.121. The largest absolute Gasteiger partial charge is 0.354 e. The quantitative estimate of drug-likeness (QED) is 0.688. The van der Waals surface area contributed by atoms with Crippen LogP contribution < -0.4 is 10.9 Å². The predicted molar refractivity (Wildman–Crippen MR) is 104 cm³/mol. The zero-order valence-corrected chi connectivity index (χ0v) is 15.5. The van der Waals surface area contributed by atoms with Crippen LogP contribution in [-0.2, 0) is 11.3 Å². The van der Waals surface area contributed by atoms with Gasteiger partial charge in [0.1, 0.15) is 5.52 Å². The standard InChI is InChI=1S/C20H23N5O2/c1-24(2)18(15-8-4-3-5-9-15)14-21-19(26)12-13-25-20(27)16-10-6-7-11-17(16)22-23-25/h3-11,18H,12-14H2,1-2H3,(H,21,26)/t18-/m1/s1. The van der Waals surface area contributed by atoms with Crippen molar-refractivity contribution < 1.29 is 4.79 Å². The van der Waals surface area contributed by atoms with Crippen molar-refractivity contribution in [2.45, 2.75) is 19.0 Å². The second-order valence-electron chi connectivity index (χ2n) is 6.58. The van der Waals surface area contributed by atoms with Gasteiger partial charge in [-0.15, -0.1) is 5.10 Å². The third-order valence-corrected chi connectivity index (χ3v) is 4.48. The first-order valence-electron chi connectivity index (χ1n) is 8.87. The molecule has 1 aromatic heterocycles. The minimum atomic E-state index is -0.233. The molecule has 0 aliphatic rings. The minimum absolute atomic E-state index is 0.0818. The smallest absolute Gasteiger partial charge is 0.277 e. The Labute approximate surface area is 157 Å². The number of amides is 1. The maximum atomic E-state index is 12.4. The van der Waals surface area contributed by atoms with E-state index in [4.69, 9.17) is 0 Å². The molecule has 2 aromatic carbocycles. The zero-order valence-electron chi connectivity index (χ0n) is 15.5. The van der Waals surface area contributed by atoms with Crippen molar-refractivity contribution in [3.63, 3.8) is 0 Å². The molecule has 0 spiro atoms. The molecule has 0 aliphatic carbocycles. The molecule has 0 bridgehead atoms.